The minimum atomic E-state index is -0.503. The van der Waals surface area contributed by atoms with Crippen LogP contribution in [-0.4, -0.2) is 27.6 Å². The second-order valence-corrected chi connectivity index (χ2v) is 3.78. The van der Waals surface area contributed by atoms with Crippen molar-refractivity contribution in [1.82, 2.24) is 15.3 Å². The van der Waals surface area contributed by atoms with Gasteiger partial charge < -0.3 is 20.4 Å². The first-order valence-corrected chi connectivity index (χ1v) is 5.45. The Hall–Kier alpha value is -2.34. The van der Waals surface area contributed by atoms with Crippen molar-refractivity contribution in [3.63, 3.8) is 0 Å². The fourth-order valence-electron chi connectivity index (χ4n) is 1.61. The molecule has 4 N–H and O–H groups in total. The molecule has 0 bridgehead atoms. The monoisotopic (exact) mass is 247 g/mol. The minimum Gasteiger partial charge on any atom is -0.394 e. The van der Waals surface area contributed by atoms with Crippen molar-refractivity contribution in [2.75, 3.05) is 6.61 Å². The molecule has 18 heavy (non-hydrogen) atoms. The Morgan fingerprint density at radius 2 is 2.06 bits per heavy atom. The number of carbonyl (C=O) groups is 1. The summed E-state index contributed by atoms with van der Waals surface area (Å²) >= 11 is 0. The topological polar surface area (TPSA) is 98.0 Å². The molecule has 1 amide bonds. The van der Waals surface area contributed by atoms with Gasteiger partial charge in [0.2, 0.25) is 0 Å². The Labute approximate surface area is 103 Å². The quantitative estimate of drug-likeness (QED) is 0.619. The first kappa shape index (κ1) is 12.1. The van der Waals surface area contributed by atoms with Gasteiger partial charge in [-0.1, -0.05) is 30.3 Å². The van der Waals surface area contributed by atoms with E-state index in [-0.39, 0.29) is 12.3 Å². The molecule has 0 aliphatic carbocycles. The van der Waals surface area contributed by atoms with Gasteiger partial charge in [0.1, 0.15) is 5.69 Å². The van der Waals surface area contributed by atoms with Gasteiger partial charge in [0, 0.05) is 6.20 Å². The van der Waals surface area contributed by atoms with E-state index in [1.54, 1.807) is 12.1 Å². The van der Waals surface area contributed by atoms with Crippen LogP contribution in [0, 0.1) is 0 Å². The Morgan fingerprint density at radius 3 is 2.61 bits per heavy atom. The molecular weight excluding hydrogens is 234 g/mol. The lowest BCUT2D eigenvalue weighted by Gasteiger charge is -2.15. The van der Waals surface area contributed by atoms with E-state index in [9.17, 15) is 14.7 Å². The number of aliphatic hydroxyl groups excluding tert-OH is 1. The number of imidazole rings is 1. The highest BCUT2D eigenvalue weighted by Gasteiger charge is 2.15. The van der Waals surface area contributed by atoms with Crippen molar-refractivity contribution in [3.05, 3.63) is 58.3 Å². The molecule has 94 valence electrons. The summed E-state index contributed by atoms with van der Waals surface area (Å²) in [6, 6.07) is 8.60. The van der Waals surface area contributed by atoms with Crippen LogP contribution in [0.4, 0.5) is 0 Å². The predicted molar refractivity (Wildman–Crippen MR) is 65.1 cm³/mol. The maximum Gasteiger partial charge on any atom is 0.323 e. The van der Waals surface area contributed by atoms with Crippen molar-refractivity contribution >= 4 is 5.91 Å². The molecule has 0 saturated carbocycles. The average Bonchev–Trinajstić information content (AvgIpc) is 2.83. The molecule has 1 aromatic carbocycles. The van der Waals surface area contributed by atoms with E-state index in [4.69, 9.17) is 0 Å². The van der Waals surface area contributed by atoms with Crippen molar-refractivity contribution in [2.45, 2.75) is 6.04 Å². The first-order chi connectivity index (χ1) is 8.70. The Morgan fingerprint density at radius 1 is 1.33 bits per heavy atom. The van der Waals surface area contributed by atoms with Gasteiger partial charge in [-0.25, -0.2) is 4.79 Å². The van der Waals surface area contributed by atoms with Crippen LogP contribution < -0.4 is 11.0 Å². The average molecular weight is 247 g/mol. The van der Waals surface area contributed by atoms with E-state index < -0.39 is 17.6 Å². The summed E-state index contributed by atoms with van der Waals surface area (Å²) in [5, 5.41) is 11.9. The van der Waals surface area contributed by atoms with Crippen molar-refractivity contribution in [2.24, 2.45) is 0 Å². The maximum absolute atomic E-state index is 11.8. The van der Waals surface area contributed by atoms with Crippen molar-refractivity contribution in [3.8, 4) is 0 Å². The number of amides is 1. The van der Waals surface area contributed by atoms with E-state index in [0.717, 1.165) is 5.56 Å². The second kappa shape index (κ2) is 5.33. The number of rotatable bonds is 4. The van der Waals surface area contributed by atoms with Crippen LogP contribution in [0.25, 0.3) is 0 Å². The number of aliphatic hydroxyl groups is 1. The standard InChI is InChI=1S/C12H13N3O3/c16-7-10(8-4-2-1-3-5-8)14-11(17)9-6-13-12(18)15-9/h1-6,10,16H,7H2,(H,14,17)(H2,13,15,18)/t10-/m0/s1. The van der Waals surface area contributed by atoms with Crippen molar-refractivity contribution < 1.29 is 9.90 Å². The van der Waals surface area contributed by atoms with Gasteiger partial charge in [-0.15, -0.1) is 0 Å². The van der Waals surface area contributed by atoms with Crippen LogP contribution in [0.2, 0.25) is 0 Å². The number of aromatic nitrogens is 2. The van der Waals surface area contributed by atoms with E-state index in [2.05, 4.69) is 15.3 Å². The SMILES string of the molecule is O=C(N[C@@H](CO)c1ccccc1)c1c[nH]c(=O)[nH]1. The molecule has 1 aromatic heterocycles. The van der Waals surface area contributed by atoms with E-state index in [0.29, 0.717) is 0 Å². The molecule has 0 aliphatic rings. The third-order valence-electron chi connectivity index (χ3n) is 2.53. The van der Waals surface area contributed by atoms with Gasteiger partial charge in [-0.3, -0.25) is 4.79 Å². The van der Waals surface area contributed by atoms with Crippen LogP contribution in [0.15, 0.2) is 41.3 Å². The summed E-state index contributed by atoms with van der Waals surface area (Å²) in [7, 11) is 0. The lowest BCUT2D eigenvalue weighted by Crippen LogP contribution is -2.31. The largest absolute Gasteiger partial charge is 0.394 e. The summed E-state index contributed by atoms with van der Waals surface area (Å²) in [6.45, 7) is -0.218. The number of nitrogens with one attached hydrogen (secondary N) is 3. The van der Waals surface area contributed by atoms with Crippen LogP contribution in [0.5, 0.6) is 0 Å². The fraction of sp³-hybridized carbons (Fsp3) is 0.167. The number of hydrogen-bond donors (Lipinski definition) is 4. The first-order valence-electron chi connectivity index (χ1n) is 5.45. The number of benzene rings is 1. The number of H-pyrrole nitrogens is 2. The third kappa shape index (κ3) is 2.67. The van der Waals surface area contributed by atoms with Crippen LogP contribution in [0.3, 0.4) is 0 Å². The molecule has 6 nitrogen and oxygen atoms in total. The van der Waals surface area contributed by atoms with Crippen LogP contribution in [0.1, 0.15) is 22.1 Å². The second-order valence-electron chi connectivity index (χ2n) is 3.78. The Kier molecular flexibility index (Phi) is 3.59. The van der Waals surface area contributed by atoms with Crippen LogP contribution in [-0.2, 0) is 0 Å². The Balaban J connectivity index is 2.12. The zero-order valence-corrected chi connectivity index (χ0v) is 9.51. The molecular formula is C12H13N3O3. The number of hydrogen-bond acceptors (Lipinski definition) is 3. The highest BCUT2D eigenvalue weighted by atomic mass is 16.3. The number of aromatic amines is 2. The minimum absolute atomic E-state index is 0.134. The third-order valence-corrected chi connectivity index (χ3v) is 2.53. The van der Waals surface area contributed by atoms with E-state index in [1.807, 2.05) is 18.2 Å². The summed E-state index contributed by atoms with van der Waals surface area (Å²) in [4.78, 5) is 27.4. The molecule has 0 saturated heterocycles. The molecule has 0 fully saturated rings. The molecule has 0 aliphatic heterocycles. The maximum atomic E-state index is 11.8. The smallest absolute Gasteiger partial charge is 0.323 e. The summed E-state index contributed by atoms with van der Waals surface area (Å²) in [5.74, 6) is -0.448. The summed E-state index contributed by atoms with van der Waals surface area (Å²) in [5.41, 5.74) is 0.487. The molecule has 2 rings (SSSR count). The van der Waals surface area contributed by atoms with Gasteiger partial charge in [0.25, 0.3) is 5.91 Å². The highest BCUT2D eigenvalue weighted by Crippen LogP contribution is 2.11. The molecule has 2 aromatic rings. The Bertz CT molecular complexity index is 574. The fourth-order valence-corrected chi connectivity index (χ4v) is 1.61. The molecule has 6 heteroatoms. The summed E-state index contributed by atoms with van der Waals surface area (Å²) < 4.78 is 0. The van der Waals surface area contributed by atoms with Gasteiger partial charge in [0.05, 0.1) is 12.6 Å². The van der Waals surface area contributed by atoms with E-state index >= 15 is 0 Å². The lowest BCUT2D eigenvalue weighted by molar-refractivity contribution is 0.0911. The molecule has 0 spiro atoms. The zero-order valence-electron chi connectivity index (χ0n) is 9.51. The van der Waals surface area contributed by atoms with Gasteiger partial charge >= 0.3 is 5.69 Å². The van der Waals surface area contributed by atoms with Gasteiger partial charge in [-0.2, -0.15) is 0 Å². The van der Waals surface area contributed by atoms with Gasteiger partial charge in [0.15, 0.2) is 0 Å². The zero-order chi connectivity index (χ0) is 13.0. The molecule has 1 atom stereocenters. The van der Waals surface area contributed by atoms with E-state index in [1.165, 1.54) is 6.20 Å². The molecule has 1 heterocycles. The lowest BCUT2D eigenvalue weighted by atomic mass is 10.1. The molecule has 0 unspecified atom stereocenters. The van der Waals surface area contributed by atoms with Gasteiger partial charge in [-0.05, 0) is 5.56 Å². The predicted octanol–water partition coefficient (Wildman–Crippen LogP) is 0.166. The van der Waals surface area contributed by atoms with Crippen molar-refractivity contribution in [1.29, 1.82) is 0 Å². The summed E-state index contributed by atoms with van der Waals surface area (Å²) in [6.07, 6.45) is 1.29. The molecule has 0 radical (unpaired) electrons. The number of carbonyl (C=O) groups excluding carboxylic acids is 1. The normalized spacial score (nSPS) is 12.1. The van der Waals surface area contributed by atoms with Crippen LogP contribution >= 0.6 is 0 Å². The highest BCUT2D eigenvalue weighted by molar-refractivity contribution is 5.92.